The van der Waals surface area contributed by atoms with Gasteiger partial charge < -0.3 is 20.1 Å². The summed E-state index contributed by atoms with van der Waals surface area (Å²) in [4.78, 5) is 20.5. The fourth-order valence-corrected chi connectivity index (χ4v) is 2.02. The Labute approximate surface area is 141 Å². The maximum Gasteiger partial charge on any atom is 0.274 e. The zero-order valence-electron chi connectivity index (χ0n) is 14.3. The number of ether oxygens (including phenoxy) is 2. The lowest BCUT2D eigenvalue weighted by Crippen LogP contribution is -2.17. The molecule has 128 valence electrons. The number of carbonyl (C=O) groups is 1. The summed E-state index contributed by atoms with van der Waals surface area (Å²) >= 11 is 0. The van der Waals surface area contributed by atoms with Gasteiger partial charge in [-0.1, -0.05) is 6.92 Å². The molecule has 0 radical (unpaired) electrons. The van der Waals surface area contributed by atoms with Gasteiger partial charge in [0.2, 0.25) is 0 Å². The Balaban J connectivity index is 2.13. The molecule has 2 rings (SSSR count). The molecule has 0 fully saturated rings. The molecule has 1 unspecified atom stereocenters. The van der Waals surface area contributed by atoms with Crippen LogP contribution >= 0.6 is 0 Å². The molecule has 2 N–H and O–H groups in total. The number of rotatable bonds is 7. The molecule has 0 aliphatic carbocycles. The zero-order valence-corrected chi connectivity index (χ0v) is 14.3. The molecule has 1 atom stereocenters. The average molecular weight is 330 g/mol. The fourth-order valence-electron chi connectivity index (χ4n) is 2.02. The molecular weight excluding hydrogens is 308 g/mol. The van der Waals surface area contributed by atoms with Crippen molar-refractivity contribution in [2.75, 3.05) is 24.9 Å². The summed E-state index contributed by atoms with van der Waals surface area (Å²) in [6.07, 6.45) is 2.32. The van der Waals surface area contributed by atoms with Gasteiger partial charge in [0, 0.05) is 23.9 Å². The van der Waals surface area contributed by atoms with E-state index in [0.717, 1.165) is 6.42 Å². The van der Waals surface area contributed by atoms with Gasteiger partial charge in [0.15, 0.2) is 11.5 Å². The third-order valence-electron chi connectivity index (χ3n) is 3.55. The van der Waals surface area contributed by atoms with Gasteiger partial charge in [0.1, 0.15) is 17.8 Å². The third kappa shape index (κ3) is 4.34. The predicted octanol–water partition coefficient (Wildman–Crippen LogP) is 2.96. The van der Waals surface area contributed by atoms with Crippen LogP contribution in [-0.2, 0) is 0 Å². The molecule has 0 spiro atoms. The van der Waals surface area contributed by atoms with Gasteiger partial charge in [-0.15, -0.1) is 0 Å². The summed E-state index contributed by atoms with van der Waals surface area (Å²) in [6.45, 7) is 4.12. The highest BCUT2D eigenvalue weighted by molar-refractivity contribution is 6.03. The van der Waals surface area contributed by atoms with Crippen molar-refractivity contribution in [2.24, 2.45) is 0 Å². The van der Waals surface area contributed by atoms with Gasteiger partial charge in [0.25, 0.3) is 5.91 Å². The van der Waals surface area contributed by atoms with Crippen molar-refractivity contribution in [3.63, 3.8) is 0 Å². The van der Waals surface area contributed by atoms with Crippen LogP contribution in [-0.4, -0.2) is 36.1 Å². The summed E-state index contributed by atoms with van der Waals surface area (Å²) in [7, 11) is 3.10. The van der Waals surface area contributed by atoms with Crippen LogP contribution in [0.1, 0.15) is 30.8 Å². The average Bonchev–Trinajstić information content (AvgIpc) is 2.61. The molecule has 7 heteroatoms. The highest BCUT2D eigenvalue weighted by Gasteiger charge is 2.12. The normalized spacial score (nSPS) is 11.5. The Bertz CT molecular complexity index is 706. The molecule has 7 nitrogen and oxygen atoms in total. The third-order valence-corrected chi connectivity index (χ3v) is 3.55. The minimum absolute atomic E-state index is 0.265. The summed E-state index contributed by atoms with van der Waals surface area (Å²) in [5.74, 6) is 1.43. The quantitative estimate of drug-likeness (QED) is 0.812. The number of nitrogens with one attached hydrogen (secondary N) is 2. The van der Waals surface area contributed by atoms with E-state index in [2.05, 4.69) is 27.5 Å². The molecule has 0 saturated carbocycles. The number of anilines is 2. The Morgan fingerprint density at radius 3 is 2.58 bits per heavy atom. The molecule has 0 saturated heterocycles. The van der Waals surface area contributed by atoms with Crippen LogP contribution in [0, 0.1) is 0 Å². The molecule has 24 heavy (non-hydrogen) atoms. The van der Waals surface area contributed by atoms with Crippen molar-refractivity contribution < 1.29 is 14.3 Å². The first-order valence-electron chi connectivity index (χ1n) is 7.69. The lowest BCUT2D eigenvalue weighted by molar-refractivity contribution is 0.102. The standard InChI is InChI=1S/C17H22N4O3/c1-5-11(2)20-16-9-13(18-10-19-16)17(22)21-12-6-7-14(23-3)15(8-12)24-4/h6-11H,5H2,1-4H3,(H,21,22)(H,18,19,20). The molecule has 1 aromatic heterocycles. The lowest BCUT2D eigenvalue weighted by Gasteiger charge is -2.13. The summed E-state index contributed by atoms with van der Waals surface area (Å²) in [5, 5.41) is 6.00. The molecule has 1 aromatic carbocycles. The number of aromatic nitrogens is 2. The van der Waals surface area contributed by atoms with Crippen LogP contribution in [0.4, 0.5) is 11.5 Å². The predicted molar refractivity (Wildman–Crippen MR) is 92.9 cm³/mol. The highest BCUT2D eigenvalue weighted by Crippen LogP contribution is 2.29. The molecule has 0 bridgehead atoms. The van der Waals surface area contributed by atoms with Gasteiger partial charge in [-0.3, -0.25) is 4.79 Å². The molecule has 1 heterocycles. The number of amides is 1. The number of benzene rings is 1. The van der Waals surface area contributed by atoms with E-state index in [1.54, 1.807) is 38.5 Å². The van der Waals surface area contributed by atoms with E-state index in [9.17, 15) is 4.79 Å². The fraction of sp³-hybridized carbons (Fsp3) is 0.353. The number of hydrogen-bond donors (Lipinski definition) is 2. The van der Waals surface area contributed by atoms with Gasteiger partial charge in [0.05, 0.1) is 14.2 Å². The smallest absolute Gasteiger partial charge is 0.274 e. The summed E-state index contributed by atoms with van der Waals surface area (Å²) < 4.78 is 10.4. The topological polar surface area (TPSA) is 85.4 Å². The maximum absolute atomic E-state index is 12.4. The number of hydrogen-bond acceptors (Lipinski definition) is 6. The SMILES string of the molecule is CCC(C)Nc1cc(C(=O)Nc2ccc(OC)c(OC)c2)ncn1. The Morgan fingerprint density at radius 1 is 1.17 bits per heavy atom. The summed E-state index contributed by atoms with van der Waals surface area (Å²) in [6, 6.07) is 7.04. The van der Waals surface area contributed by atoms with E-state index in [-0.39, 0.29) is 17.6 Å². The van der Waals surface area contributed by atoms with Gasteiger partial charge in [-0.25, -0.2) is 9.97 Å². The van der Waals surface area contributed by atoms with Crippen molar-refractivity contribution in [2.45, 2.75) is 26.3 Å². The van der Waals surface area contributed by atoms with Crippen LogP contribution in [0.25, 0.3) is 0 Å². The van der Waals surface area contributed by atoms with Crippen LogP contribution < -0.4 is 20.1 Å². The summed E-state index contributed by atoms with van der Waals surface area (Å²) in [5.41, 5.74) is 0.873. The minimum Gasteiger partial charge on any atom is -0.493 e. The highest BCUT2D eigenvalue weighted by atomic mass is 16.5. The molecule has 0 aliphatic heterocycles. The largest absolute Gasteiger partial charge is 0.493 e. The van der Waals surface area contributed by atoms with E-state index in [4.69, 9.17) is 9.47 Å². The van der Waals surface area contributed by atoms with Crippen LogP contribution in [0.5, 0.6) is 11.5 Å². The zero-order chi connectivity index (χ0) is 17.5. The van der Waals surface area contributed by atoms with Gasteiger partial charge in [-0.05, 0) is 25.5 Å². The second kappa shape index (κ2) is 8.14. The minimum atomic E-state index is -0.322. The van der Waals surface area contributed by atoms with Crippen LogP contribution in [0.15, 0.2) is 30.6 Å². The first kappa shape index (κ1) is 17.5. The molecule has 2 aromatic rings. The maximum atomic E-state index is 12.4. The first-order chi connectivity index (χ1) is 11.6. The van der Waals surface area contributed by atoms with Crippen molar-refractivity contribution in [3.05, 3.63) is 36.3 Å². The van der Waals surface area contributed by atoms with E-state index in [0.29, 0.717) is 23.0 Å². The van der Waals surface area contributed by atoms with Crippen molar-refractivity contribution >= 4 is 17.4 Å². The van der Waals surface area contributed by atoms with Gasteiger partial charge in [-0.2, -0.15) is 0 Å². The van der Waals surface area contributed by atoms with E-state index < -0.39 is 0 Å². The first-order valence-corrected chi connectivity index (χ1v) is 7.69. The van der Waals surface area contributed by atoms with E-state index >= 15 is 0 Å². The van der Waals surface area contributed by atoms with Crippen LogP contribution in [0.2, 0.25) is 0 Å². The Kier molecular flexibility index (Phi) is 5.95. The molecule has 1 amide bonds. The lowest BCUT2D eigenvalue weighted by atomic mass is 10.2. The number of methoxy groups -OCH3 is 2. The van der Waals surface area contributed by atoms with Crippen molar-refractivity contribution in [1.29, 1.82) is 0 Å². The Hall–Kier alpha value is -2.83. The van der Waals surface area contributed by atoms with Crippen molar-refractivity contribution in [1.82, 2.24) is 9.97 Å². The van der Waals surface area contributed by atoms with E-state index in [1.807, 2.05) is 6.92 Å². The van der Waals surface area contributed by atoms with Crippen molar-refractivity contribution in [3.8, 4) is 11.5 Å². The van der Waals surface area contributed by atoms with E-state index in [1.165, 1.54) is 6.33 Å². The number of nitrogens with zero attached hydrogens (tertiary/aromatic N) is 2. The second-order valence-corrected chi connectivity index (χ2v) is 5.27. The van der Waals surface area contributed by atoms with Gasteiger partial charge >= 0.3 is 0 Å². The van der Waals surface area contributed by atoms with Crippen LogP contribution in [0.3, 0.4) is 0 Å². The molecular formula is C17H22N4O3. The molecule has 0 aliphatic rings. The second-order valence-electron chi connectivity index (χ2n) is 5.27. The monoisotopic (exact) mass is 330 g/mol. The number of carbonyl (C=O) groups excluding carboxylic acids is 1. The Morgan fingerprint density at radius 2 is 1.92 bits per heavy atom.